The molecule has 0 spiro atoms. The van der Waals surface area contributed by atoms with Gasteiger partial charge in [-0.25, -0.2) is 4.79 Å². The predicted molar refractivity (Wildman–Crippen MR) is 107 cm³/mol. The number of carbonyl (C=O) groups excluding carboxylic acids is 1. The van der Waals surface area contributed by atoms with Crippen molar-refractivity contribution < 1.29 is 18.8 Å². The molecule has 0 aliphatic carbocycles. The Morgan fingerprint density at radius 1 is 1.30 bits per heavy atom. The van der Waals surface area contributed by atoms with Gasteiger partial charge in [-0.3, -0.25) is 0 Å². The zero-order chi connectivity index (χ0) is 19.8. The summed E-state index contributed by atoms with van der Waals surface area (Å²) in [5, 5.41) is 0. The van der Waals surface area contributed by atoms with Crippen molar-refractivity contribution in [3.05, 3.63) is 29.8 Å². The third kappa shape index (κ3) is 4.85. The molecule has 2 saturated heterocycles. The molecule has 2 atom stereocenters. The Morgan fingerprint density at radius 2 is 2.00 bits per heavy atom. The summed E-state index contributed by atoms with van der Waals surface area (Å²) >= 11 is 0. The quantitative estimate of drug-likeness (QED) is 0.734. The minimum absolute atomic E-state index is 0.0106. The number of carbonyl (C=O) groups is 1. The standard InChI is InChI=1S/C21H32BNO4/c1-15-14-21(5,6)27-22(26-15)17-11-8-7-10-16(17)18-12-9-13-23(18)19(24)25-20(2,3)4/h7-8,10-11,15,18H,9,12-14H2,1-6H3/t15-,18-/m1/s1. The molecule has 148 valence electrons. The van der Waals surface area contributed by atoms with Crippen molar-refractivity contribution in [2.75, 3.05) is 6.54 Å². The van der Waals surface area contributed by atoms with Crippen LogP contribution >= 0.6 is 0 Å². The van der Waals surface area contributed by atoms with E-state index < -0.39 is 12.7 Å². The Morgan fingerprint density at radius 3 is 2.67 bits per heavy atom. The molecule has 2 heterocycles. The summed E-state index contributed by atoms with van der Waals surface area (Å²) in [4.78, 5) is 14.6. The third-order valence-corrected chi connectivity index (χ3v) is 5.05. The molecule has 2 aliphatic rings. The largest absolute Gasteiger partial charge is 0.494 e. The zero-order valence-electron chi connectivity index (χ0n) is 17.5. The highest BCUT2D eigenvalue weighted by molar-refractivity contribution is 6.62. The highest BCUT2D eigenvalue weighted by Gasteiger charge is 2.42. The van der Waals surface area contributed by atoms with Gasteiger partial charge < -0.3 is 18.9 Å². The molecule has 5 nitrogen and oxygen atoms in total. The van der Waals surface area contributed by atoms with Gasteiger partial charge in [-0.15, -0.1) is 0 Å². The molecule has 6 heteroatoms. The van der Waals surface area contributed by atoms with Crippen molar-refractivity contribution in [2.24, 2.45) is 0 Å². The van der Waals surface area contributed by atoms with Crippen molar-refractivity contribution in [3.8, 4) is 0 Å². The average molecular weight is 373 g/mol. The fraction of sp³-hybridized carbons (Fsp3) is 0.667. The van der Waals surface area contributed by atoms with Gasteiger partial charge in [0.05, 0.1) is 11.6 Å². The highest BCUT2D eigenvalue weighted by Crippen LogP contribution is 2.34. The number of amides is 1. The second-order valence-corrected chi connectivity index (χ2v) is 9.32. The van der Waals surface area contributed by atoms with E-state index in [0.29, 0.717) is 6.54 Å². The molecule has 1 aromatic carbocycles. The first-order chi connectivity index (χ1) is 12.6. The Labute approximate surface area is 163 Å². The highest BCUT2D eigenvalue weighted by atomic mass is 16.6. The lowest BCUT2D eigenvalue weighted by Crippen LogP contribution is -2.53. The van der Waals surface area contributed by atoms with Crippen LogP contribution in [0, 0.1) is 0 Å². The van der Waals surface area contributed by atoms with Crippen LogP contribution in [-0.2, 0) is 14.0 Å². The normalized spacial score (nSPS) is 25.6. The van der Waals surface area contributed by atoms with Crippen LogP contribution in [0.25, 0.3) is 0 Å². The molecule has 0 aromatic heterocycles. The number of rotatable bonds is 2. The number of hydrogen-bond acceptors (Lipinski definition) is 4. The third-order valence-electron chi connectivity index (χ3n) is 5.05. The number of hydrogen-bond donors (Lipinski definition) is 0. The first-order valence-corrected chi connectivity index (χ1v) is 9.97. The Balaban J connectivity index is 1.88. The smallest absolute Gasteiger partial charge is 0.444 e. The molecule has 2 aliphatic heterocycles. The number of likely N-dealkylation sites (tertiary alicyclic amines) is 1. The van der Waals surface area contributed by atoms with E-state index in [4.69, 9.17) is 14.0 Å². The van der Waals surface area contributed by atoms with E-state index >= 15 is 0 Å². The fourth-order valence-corrected chi connectivity index (χ4v) is 4.11. The zero-order valence-corrected chi connectivity index (χ0v) is 17.5. The Hall–Kier alpha value is -1.53. The first-order valence-electron chi connectivity index (χ1n) is 9.97. The van der Waals surface area contributed by atoms with Crippen molar-refractivity contribution in [1.82, 2.24) is 4.90 Å². The van der Waals surface area contributed by atoms with Crippen LogP contribution in [-0.4, -0.2) is 42.0 Å². The van der Waals surface area contributed by atoms with Crippen LogP contribution in [0.1, 0.15) is 72.4 Å². The summed E-state index contributed by atoms with van der Waals surface area (Å²) < 4.78 is 18.0. The molecule has 1 aromatic rings. The molecule has 0 saturated carbocycles. The molecule has 0 radical (unpaired) electrons. The van der Waals surface area contributed by atoms with E-state index in [1.165, 1.54) is 0 Å². The summed E-state index contributed by atoms with van der Waals surface area (Å²) in [6, 6.07) is 8.15. The fourth-order valence-electron chi connectivity index (χ4n) is 4.11. The summed E-state index contributed by atoms with van der Waals surface area (Å²) in [6.45, 7) is 12.7. The van der Waals surface area contributed by atoms with Gasteiger partial charge in [0.25, 0.3) is 0 Å². The number of benzene rings is 1. The van der Waals surface area contributed by atoms with Crippen molar-refractivity contribution in [1.29, 1.82) is 0 Å². The van der Waals surface area contributed by atoms with Crippen LogP contribution < -0.4 is 5.46 Å². The first kappa shape index (κ1) is 20.2. The molecule has 3 rings (SSSR count). The van der Waals surface area contributed by atoms with Crippen LogP contribution in [0.15, 0.2) is 24.3 Å². The van der Waals surface area contributed by atoms with Crippen molar-refractivity contribution >= 4 is 18.7 Å². The van der Waals surface area contributed by atoms with Gasteiger partial charge in [-0.1, -0.05) is 24.3 Å². The topological polar surface area (TPSA) is 48.0 Å². The molecular formula is C21H32BNO4. The van der Waals surface area contributed by atoms with Gasteiger partial charge in [0.2, 0.25) is 0 Å². The molecule has 0 bridgehead atoms. The lowest BCUT2D eigenvalue weighted by molar-refractivity contribution is -0.0232. The van der Waals surface area contributed by atoms with Crippen LogP contribution in [0.2, 0.25) is 0 Å². The summed E-state index contributed by atoms with van der Waals surface area (Å²) in [6.07, 6.45) is 2.62. The summed E-state index contributed by atoms with van der Waals surface area (Å²) in [5.74, 6) is 0. The van der Waals surface area contributed by atoms with Crippen molar-refractivity contribution in [3.63, 3.8) is 0 Å². The van der Waals surface area contributed by atoms with Gasteiger partial charge in [0, 0.05) is 12.6 Å². The molecule has 0 N–H and O–H groups in total. The van der Waals surface area contributed by atoms with Gasteiger partial charge >= 0.3 is 13.2 Å². The van der Waals surface area contributed by atoms with Crippen LogP contribution in [0.4, 0.5) is 4.79 Å². The van der Waals surface area contributed by atoms with Crippen LogP contribution in [0.3, 0.4) is 0 Å². The SMILES string of the molecule is C[C@@H]1CC(C)(C)OB(c2ccccc2[C@H]2CCCN2C(=O)OC(C)(C)C)O1. The van der Waals surface area contributed by atoms with Crippen LogP contribution in [0.5, 0.6) is 0 Å². The van der Waals surface area contributed by atoms with Gasteiger partial charge in [-0.2, -0.15) is 0 Å². The van der Waals surface area contributed by atoms with E-state index in [9.17, 15) is 4.79 Å². The number of ether oxygens (including phenoxy) is 1. The maximum atomic E-state index is 12.7. The number of nitrogens with zero attached hydrogens (tertiary/aromatic N) is 1. The molecule has 0 unspecified atom stereocenters. The van der Waals surface area contributed by atoms with Gasteiger partial charge in [0.1, 0.15) is 5.60 Å². The minimum Gasteiger partial charge on any atom is -0.444 e. The van der Waals surface area contributed by atoms with E-state index in [2.05, 4.69) is 32.9 Å². The molecule has 2 fully saturated rings. The lowest BCUT2D eigenvalue weighted by atomic mass is 9.71. The molecular weight excluding hydrogens is 341 g/mol. The average Bonchev–Trinajstić information content (AvgIpc) is 3.01. The maximum Gasteiger partial charge on any atom is 0.494 e. The Kier molecular flexibility index (Phi) is 5.60. The van der Waals surface area contributed by atoms with E-state index in [1.807, 2.05) is 37.8 Å². The van der Waals surface area contributed by atoms with E-state index in [0.717, 1.165) is 30.3 Å². The Bertz CT molecular complexity index is 685. The molecule has 1 amide bonds. The monoisotopic (exact) mass is 373 g/mol. The minimum atomic E-state index is -0.501. The second-order valence-electron chi connectivity index (χ2n) is 9.32. The predicted octanol–water partition coefficient (Wildman–Crippen LogP) is 4.06. The summed E-state index contributed by atoms with van der Waals surface area (Å²) in [7, 11) is -0.416. The van der Waals surface area contributed by atoms with Crippen molar-refractivity contribution in [2.45, 2.75) is 84.2 Å². The maximum absolute atomic E-state index is 12.7. The van der Waals surface area contributed by atoms with E-state index in [-0.39, 0.29) is 23.8 Å². The molecule has 27 heavy (non-hydrogen) atoms. The van der Waals surface area contributed by atoms with Gasteiger partial charge in [0.15, 0.2) is 0 Å². The van der Waals surface area contributed by atoms with E-state index in [1.54, 1.807) is 0 Å². The second kappa shape index (κ2) is 7.48. The summed E-state index contributed by atoms with van der Waals surface area (Å²) in [5.41, 5.74) is 1.36. The van der Waals surface area contributed by atoms with Gasteiger partial charge in [-0.05, 0) is 71.8 Å². The lowest BCUT2D eigenvalue weighted by Gasteiger charge is -2.39.